The van der Waals surface area contributed by atoms with E-state index in [2.05, 4.69) is 5.32 Å². The number of hydrogen-bond acceptors (Lipinski definition) is 3. The van der Waals surface area contributed by atoms with Gasteiger partial charge in [0, 0.05) is 5.02 Å². The minimum absolute atomic E-state index is 0.0763. The molecule has 0 saturated carbocycles. The Morgan fingerprint density at radius 2 is 1.58 bits per heavy atom. The van der Waals surface area contributed by atoms with Gasteiger partial charge in [-0.3, -0.25) is 9.10 Å². The van der Waals surface area contributed by atoms with Crippen LogP contribution in [0.1, 0.15) is 24.1 Å². The van der Waals surface area contributed by atoms with Gasteiger partial charge in [-0.05, 0) is 67.9 Å². The normalized spacial score (nSPS) is 12.3. The molecule has 3 aromatic carbocycles. The molecule has 0 radical (unpaired) electrons. The highest BCUT2D eigenvalue weighted by Crippen LogP contribution is 2.25. The molecule has 0 aliphatic rings. The fraction of sp³-hybridized carbons (Fsp3) is 0.174. The summed E-state index contributed by atoms with van der Waals surface area (Å²) in [4.78, 5) is 12.8. The van der Waals surface area contributed by atoms with Crippen LogP contribution in [0.4, 0.5) is 10.1 Å². The molecule has 3 rings (SSSR count). The predicted octanol–water partition coefficient (Wildman–Crippen LogP) is 4.86. The molecule has 162 valence electrons. The van der Waals surface area contributed by atoms with E-state index < -0.39 is 28.5 Å². The first-order valence-corrected chi connectivity index (χ1v) is 11.4. The van der Waals surface area contributed by atoms with Crippen molar-refractivity contribution in [1.82, 2.24) is 5.32 Å². The van der Waals surface area contributed by atoms with Crippen molar-refractivity contribution >= 4 is 33.2 Å². The number of aryl methyl sites for hydroxylation is 1. The van der Waals surface area contributed by atoms with Crippen LogP contribution < -0.4 is 9.62 Å². The quantitative estimate of drug-likeness (QED) is 0.547. The van der Waals surface area contributed by atoms with Crippen molar-refractivity contribution in [3.8, 4) is 0 Å². The number of nitrogens with zero attached hydrogens (tertiary/aromatic N) is 1. The van der Waals surface area contributed by atoms with Crippen molar-refractivity contribution < 1.29 is 17.6 Å². The topological polar surface area (TPSA) is 66.5 Å². The molecule has 1 N–H and O–H groups in total. The number of nitrogens with one attached hydrogen (secondary N) is 1. The van der Waals surface area contributed by atoms with E-state index in [-0.39, 0.29) is 10.7 Å². The molecular formula is C23H22ClFN2O3S. The van der Waals surface area contributed by atoms with E-state index in [0.29, 0.717) is 16.3 Å². The third-order valence-corrected chi connectivity index (χ3v) is 6.80. The summed E-state index contributed by atoms with van der Waals surface area (Å²) in [6.07, 6.45) is 0. The maximum atomic E-state index is 13.3. The molecule has 3 aromatic rings. The first-order valence-electron chi connectivity index (χ1n) is 9.56. The van der Waals surface area contributed by atoms with Crippen LogP contribution in [0.2, 0.25) is 5.02 Å². The summed E-state index contributed by atoms with van der Waals surface area (Å²) in [6, 6.07) is 17.9. The molecule has 0 saturated heterocycles. The summed E-state index contributed by atoms with van der Waals surface area (Å²) >= 11 is 5.94. The molecule has 0 spiro atoms. The van der Waals surface area contributed by atoms with E-state index in [1.54, 1.807) is 55.5 Å². The Morgan fingerprint density at radius 1 is 1.00 bits per heavy atom. The van der Waals surface area contributed by atoms with Gasteiger partial charge in [0.15, 0.2) is 0 Å². The number of carbonyl (C=O) groups excluding carboxylic acids is 1. The van der Waals surface area contributed by atoms with E-state index in [1.165, 1.54) is 24.3 Å². The minimum Gasteiger partial charge on any atom is -0.348 e. The van der Waals surface area contributed by atoms with Crippen LogP contribution in [0.3, 0.4) is 0 Å². The monoisotopic (exact) mass is 460 g/mol. The van der Waals surface area contributed by atoms with E-state index in [4.69, 9.17) is 11.6 Å². The highest BCUT2D eigenvalue weighted by Gasteiger charge is 2.27. The lowest BCUT2D eigenvalue weighted by molar-refractivity contribution is -0.120. The van der Waals surface area contributed by atoms with Gasteiger partial charge in [0.25, 0.3) is 10.0 Å². The van der Waals surface area contributed by atoms with Crippen molar-refractivity contribution in [3.63, 3.8) is 0 Å². The van der Waals surface area contributed by atoms with Gasteiger partial charge >= 0.3 is 0 Å². The summed E-state index contributed by atoms with van der Waals surface area (Å²) in [7, 11) is -4.01. The van der Waals surface area contributed by atoms with E-state index in [0.717, 1.165) is 9.87 Å². The predicted molar refractivity (Wildman–Crippen MR) is 120 cm³/mol. The molecule has 0 aromatic heterocycles. The van der Waals surface area contributed by atoms with Gasteiger partial charge in [-0.1, -0.05) is 41.4 Å². The summed E-state index contributed by atoms with van der Waals surface area (Å²) < 4.78 is 40.8. The lowest BCUT2D eigenvalue weighted by Gasteiger charge is -2.25. The van der Waals surface area contributed by atoms with E-state index >= 15 is 0 Å². The molecule has 0 heterocycles. The maximum absolute atomic E-state index is 13.3. The zero-order chi connectivity index (χ0) is 22.6. The number of amides is 1. The number of benzene rings is 3. The first kappa shape index (κ1) is 22.8. The standard InChI is InChI=1S/C23H22ClFN2O3S/c1-16-3-13-22(14-4-16)31(29,30)27(21-11-7-19(24)8-12-21)15-23(28)26-17(2)18-5-9-20(25)10-6-18/h3-14,17H,15H2,1-2H3,(H,26,28)/t17-/m0/s1. The molecule has 0 aliphatic heterocycles. The SMILES string of the molecule is Cc1ccc(S(=O)(=O)N(CC(=O)N[C@@H](C)c2ccc(F)cc2)c2ccc(Cl)cc2)cc1. The van der Waals surface area contributed by atoms with Gasteiger partial charge in [0.2, 0.25) is 5.91 Å². The highest BCUT2D eigenvalue weighted by molar-refractivity contribution is 7.92. The van der Waals surface area contributed by atoms with Crippen molar-refractivity contribution in [2.24, 2.45) is 0 Å². The van der Waals surface area contributed by atoms with Crippen LogP contribution in [0.15, 0.2) is 77.7 Å². The fourth-order valence-corrected chi connectivity index (χ4v) is 4.56. The summed E-state index contributed by atoms with van der Waals surface area (Å²) in [5, 5.41) is 3.22. The number of anilines is 1. The third-order valence-electron chi connectivity index (χ3n) is 4.76. The van der Waals surface area contributed by atoms with Crippen LogP contribution in [-0.4, -0.2) is 20.9 Å². The number of sulfonamides is 1. The van der Waals surface area contributed by atoms with Gasteiger partial charge in [0.05, 0.1) is 16.6 Å². The molecule has 5 nitrogen and oxygen atoms in total. The van der Waals surface area contributed by atoms with Crippen molar-refractivity contribution in [2.75, 3.05) is 10.8 Å². The molecular weight excluding hydrogens is 439 g/mol. The Morgan fingerprint density at radius 3 is 2.16 bits per heavy atom. The number of halogens is 2. The van der Waals surface area contributed by atoms with Crippen molar-refractivity contribution in [1.29, 1.82) is 0 Å². The minimum atomic E-state index is -4.01. The molecule has 1 atom stereocenters. The number of rotatable bonds is 7. The second kappa shape index (κ2) is 9.49. The van der Waals surface area contributed by atoms with E-state index in [1.807, 2.05) is 6.92 Å². The molecule has 1 amide bonds. The average Bonchev–Trinajstić information content (AvgIpc) is 2.73. The van der Waals surface area contributed by atoms with Gasteiger partial charge < -0.3 is 5.32 Å². The molecule has 0 bridgehead atoms. The summed E-state index contributed by atoms with van der Waals surface area (Å²) in [5.41, 5.74) is 1.94. The Labute approximate surface area is 186 Å². The van der Waals surface area contributed by atoms with Crippen LogP contribution in [0.5, 0.6) is 0 Å². The fourth-order valence-electron chi connectivity index (χ4n) is 3.01. The molecule has 8 heteroatoms. The van der Waals surface area contributed by atoms with Gasteiger partial charge in [-0.25, -0.2) is 12.8 Å². The molecule has 31 heavy (non-hydrogen) atoms. The molecule has 0 unspecified atom stereocenters. The lowest BCUT2D eigenvalue weighted by atomic mass is 10.1. The summed E-state index contributed by atoms with van der Waals surface area (Å²) in [5.74, 6) is -0.872. The van der Waals surface area contributed by atoms with Gasteiger partial charge in [0.1, 0.15) is 12.4 Å². The van der Waals surface area contributed by atoms with Crippen LogP contribution >= 0.6 is 11.6 Å². The highest BCUT2D eigenvalue weighted by atomic mass is 35.5. The Kier molecular flexibility index (Phi) is 6.97. The zero-order valence-corrected chi connectivity index (χ0v) is 18.6. The number of carbonyl (C=O) groups is 1. The third kappa shape index (κ3) is 5.62. The number of hydrogen-bond donors (Lipinski definition) is 1. The van der Waals surface area contributed by atoms with Crippen LogP contribution in [0, 0.1) is 12.7 Å². The first-order chi connectivity index (χ1) is 14.7. The van der Waals surface area contributed by atoms with Crippen molar-refractivity contribution in [3.05, 3.63) is 94.8 Å². The molecule has 0 fully saturated rings. The zero-order valence-electron chi connectivity index (χ0n) is 17.0. The van der Waals surface area contributed by atoms with Crippen molar-refractivity contribution in [2.45, 2.75) is 24.8 Å². The van der Waals surface area contributed by atoms with Gasteiger partial charge in [-0.2, -0.15) is 0 Å². The second-order valence-electron chi connectivity index (χ2n) is 7.14. The Balaban J connectivity index is 1.87. The molecule has 0 aliphatic carbocycles. The largest absolute Gasteiger partial charge is 0.348 e. The maximum Gasteiger partial charge on any atom is 0.264 e. The van der Waals surface area contributed by atoms with Crippen LogP contribution in [0.25, 0.3) is 0 Å². The smallest absolute Gasteiger partial charge is 0.264 e. The van der Waals surface area contributed by atoms with Crippen LogP contribution in [-0.2, 0) is 14.8 Å². The lowest BCUT2D eigenvalue weighted by Crippen LogP contribution is -2.41. The van der Waals surface area contributed by atoms with Gasteiger partial charge in [-0.15, -0.1) is 0 Å². The average molecular weight is 461 g/mol. The second-order valence-corrected chi connectivity index (χ2v) is 9.44. The summed E-state index contributed by atoms with van der Waals surface area (Å²) in [6.45, 7) is 3.17. The Bertz CT molecular complexity index is 1150. The Hall–Kier alpha value is -2.90. The van der Waals surface area contributed by atoms with E-state index in [9.17, 15) is 17.6 Å².